The number of aryl methyl sites for hydroxylation is 1. The van der Waals surface area contributed by atoms with Crippen molar-refractivity contribution < 1.29 is 0 Å². The average molecular weight is 201 g/mol. The molecule has 0 aromatic heterocycles. The summed E-state index contributed by atoms with van der Waals surface area (Å²) in [6, 6.07) is 7.59. The van der Waals surface area contributed by atoms with Gasteiger partial charge in [-0.3, -0.25) is 0 Å². The molecule has 15 heavy (non-hydrogen) atoms. The number of hydrogen-bond acceptors (Lipinski definition) is 1. The van der Waals surface area contributed by atoms with Crippen LogP contribution in [0.4, 0.5) is 0 Å². The Kier molecular flexibility index (Phi) is 2.10. The molecule has 1 saturated heterocycles. The maximum Gasteiger partial charge on any atom is 0.00764 e. The molecule has 80 valence electrons. The lowest BCUT2D eigenvalue weighted by Crippen LogP contribution is -2.28. The van der Waals surface area contributed by atoms with E-state index in [0.29, 0.717) is 0 Å². The van der Waals surface area contributed by atoms with Crippen LogP contribution in [0.2, 0.25) is 0 Å². The van der Waals surface area contributed by atoms with E-state index in [2.05, 4.69) is 37.4 Å². The Morgan fingerprint density at radius 3 is 2.73 bits per heavy atom. The van der Waals surface area contributed by atoms with Crippen LogP contribution in [0.25, 0.3) is 0 Å². The minimum Gasteiger partial charge on any atom is -0.314 e. The van der Waals surface area contributed by atoms with Gasteiger partial charge in [-0.05, 0) is 61.8 Å². The topological polar surface area (TPSA) is 12.0 Å². The third-order valence-corrected chi connectivity index (χ3v) is 4.41. The molecule has 2 fully saturated rings. The smallest absolute Gasteiger partial charge is 0.00764 e. The third-order valence-electron chi connectivity index (χ3n) is 4.41. The van der Waals surface area contributed by atoms with Gasteiger partial charge in [0.25, 0.3) is 0 Å². The Morgan fingerprint density at radius 1 is 1.20 bits per heavy atom. The van der Waals surface area contributed by atoms with E-state index < -0.39 is 0 Å². The average Bonchev–Trinajstić information content (AvgIpc) is 2.83. The first-order chi connectivity index (χ1) is 7.25. The van der Waals surface area contributed by atoms with Gasteiger partial charge >= 0.3 is 0 Å². The second kappa shape index (κ2) is 3.34. The molecular weight excluding hydrogens is 182 g/mol. The number of fused-ring (bicyclic) bond motifs is 2. The molecule has 1 heteroatoms. The zero-order valence-corrected chi connectivity index (χ0v) is 9.59. The molecule has 0 unspecified atom stereocenters. The summed E-state index contributed by atoms with van der Waals surface area (Å²) in [5, 5.41) is 3.59. The largest absolute Gasteiger partial charge is 0.314 e. The molecule has 1 aliphatic carbocycles. The Balaban J connectivity index is 1.96. The van der Waals surface area contributed by atoms with Crippen LogP contribution >= 0.6 is 0 Å². The molecule has 3 rings (SSSR count). The van der Waals surface area contributed by atoms with Crippen molar-refractivity contribution in [3.8, 4) is 0 Å². The van der Waals surface area contributed by atoms with Crippen LogP contribution in [0.5, 0.6) is 0 Å². The number of benzene rings is 1. The van der Waals surface area contributed by atoms with Gasteiger partial charge in [0, 0.05) is 6.04 Å². The Morgan fingerprint density at radius 2 is 2.07 bits per heavy atom. The monoisotopic (exact) mass is 201 g/mol. The minimum atomic E-state index is 0.805. The summed E-state index contributed by atoms with van der Waals surface area (Å²) in [4.78, 5) is 0. The standard InChI is InChI=1S/C14H19N/c1-9-4-3-5-13(10(9)2)14-7-12-6-11(14)8-15-12/h3-5,11-12,14-15H,6-8H2,1-2H3/t11-,12-,14+/m0/s1. The maximum atomic E-state index is 3.59. The van der Waals surface area contributed by atoms with E-state index in [4.69, 9.17) is 0 Å². The SMILES string of the molecule is Cc1cccc([C@@H]2C[C@@H]3C[C@H]2CN3)c1C. The molecule has 1 heterocycles. The van der Waals surface area contributed by atoms with Gasteiger partial charge in [0.1, 0.15) is 0 Å². The van der Waals surface area contributed by atoms with E-state index >= 15 is 0 Å². The summed E-state index contributed by atoms with van der Waals surface area (Å²) in [6.45, 7) is 5.75. The summed E-state index contributed by atoms with van der Waals surface area (Å²) < 4.78 is 0. The van der Waals surface area contributed by atoms with Gasteiger partial charge in [0.2, 0.25) is 0 Å². The second-order valence-electron chi connectivity index (χ2n) is 5.23. The van der Waals surface area contributed by atoms with Crippen molar-refractivity contribution in [2.75, 3.05) is 6.54 Å². The zero-order valence-electron chi connectivity index (χ0n) is 9.59. The van der Waals surface area contributed by atoms with Gasteiger partial charge < -0.3 is 5.32 Å². The van der Waals surface area contributed by atoms with Crippen molar-refractivity contribution in [1.29, 1.82) is 0 Å². The Hall–Kier alpha value is -0.820. The first kappa shape index (κ1) is 9.41. The molecule has 2 bridgehead atoms. The number of piperidine rings is 1. The molecule has 1 N–H and O–H groups in total. The Labute approximate surface area is 91.9 Å². The highest BCUT2D eigenvalue weighted by Gasteiger charge is 2.40. The van der Waals surface area contributed by atoms with E-state index in [1.54, 1.807) is 5.56 Å². The number of nitrogens with one attached hydrogen (secondary N) is 1. The van der Waals surface area contributed by atoms with E-state index in [1.807, 2.05) is 0 Å². The Bertz CT molecular complexity index is 383. The van der Waals surface area contributed by atoms with Crippen LogP contribution in [0.15, 0.2) is 18.2 Å². The summed E-state index contributed by atoms with van der Waals surface area (Å²) in [6.07, 6.45) is 2.76. The highest BCUT2D eigenvalue weighted by molar-refractivity contribution is 5.37. The van der Waals surface area contributed by atoms with Crippen LogP contribution in [-0.2, 0) is 0 Å². The molecule has 0 amide bonds. The van der Waals surface area contributed by atoms with Crippen molar-refractivity contribution in [2.24, 2.45) is 5.92 Å². The maximum absolute atomic E-state index is 3.59. The molecule has 0 radical (unpaired) electrons. The summed E-state index contributed by atoms with van der Waals surface area (Å²) in [7, 11) is 0. The molecular formula is C14H19N. The zero-order chi connectivity index (χ0) is 10.4. The van der Waals surface area contributed by atoms with Crippen molar-refractivity contribution in [3.05, 3.63) is 34.9 Å². The summed E-state index contributed by atoms with van der Waals surface area (Å²) >= 11 is 0. The third kappa shape index (κ3) is 1.41. The molecule has 1 aliphatic heterocycles. The lowest BCUT2D eigenvalue weighted by molar-refractivity contribution is 0.439. The van der Waals surface area contributed by atoms with Crippen LogP contribution in [0.3, 0.4) is 0 Å². The fourth-order valence-corrected chi connectivity index (χ4v) is 3.39. The van der Waals surface area contributed by atoms with E-state index in [1.165, 1.54) is 30.5 Å². The van der Waals surface area contributed by atoms with E-state index in [-0.39, 0.29) is 0 Å². The van der Waals surface area contributed by atoms with Crippen LogP contribution in [0, 0.1) is 19.8 Å². The number of hydrogen-bond donors (Lipinski definition) is 1. The highest BCUT2D eigenvalue weighted by Crippen LogP contribution is 2.44. The van der Waals surface area contributed by atoms with Crippen molar-refractivity contribution in [3.63, 3.8) is 0 Å². The summed E-state index contributed by atoms with van der Waals surface area (Å²) in [5.41, 5.74) is 4.59. The summed E-state index contributed by atoms with van der Waals surface area (Å²) in [5.74, 6) is 1.73. The second-order valence-corrected chi connectivity index (χ2v) is 5.23. The highest BCUT2D eigenvalue weighted by atomic mass is 15.0. The first-order valence-corrected chi connectivity index (χ1v) is 6.05. The molecule has 1 aromatic rings. The van der Waals surface area contributed by atoms with E-state index in [0.717, 1.165) is 17.9 Å². The van der Waals surface area contributed by atoms with Gasteiger partial charge in [-0.2, -0.15) is 0 Å². The normalized spacial score (nSPS) is 33.6. The molecule has 0 spiro atoms. The van der Waals surface area contributed by atoms with Gasteiger partial charge in [-0.1, -0.05) is 18.2 Å². The van der Waals surface area contributed by atoms with Crippen LogP contribution in [0.1, 0.15) is 35.4 Å². The molecule has 1 nitrogen and oxygen atoms in total. The predicted octanol–water partition coefficient (Wildman–Crippen LogP) is 2.77. The molecule has 2 aliphatic rings. The lowest BCUT2D eigenvalue weighted by Gasteiger charge is -2.25. The van der Waals surface area contributed by atoms with Crippen molar-refractivity contribution in [2.45, 2.75) is 38.6 Å². The van der Waals surface area contributed by atoms with Crippen molar-refractivity contribution >= 4 is 0 Å². The minimum absolute atomic E-state index is 0.805. The van der Waals surface area contributed by atoms with E-state index in [9.17, 15) is 0 Å². The fourth-order valence-electron chi connectivity index (χ4n) is 3.39. The van der Waals surface area contributed by atoms with Gasteiger partial charge in [0.15, 0.2) is 0 Å². The first-order valence-electron chi connectivity index (χ1n) is 6.05. The van der Waals surface area contributed by atoms with Crippen molar-refractivity contribution in [1.82, 2.24) is 5.32 Å². The quantitative estimate of drug-likeness (QED) is 0.736. The molecule has 1 aromatic carbocycles. The van der Waals surface area contributed by atoms with Gasteiger partial charge in [0.05, 0.1) is 0 Å². The fraction of sp³-hybridized carbons (Fsp3) is 0.571. The van der Waals surface area contributed by atoms with Crippen LogP contribution in [-0.4, -0.2) is 12.6 Å². The molecule has 3 atom stereocenters. The van der Waals surface area contributed by atoms with Gasteiger partial charge in [-0.25, -0.2) is 0 Å². The lowest BCUT2D eigenvalue weighted by atomic mass is 9.84. The predicted molar refractivity (Wildman–Crippen MR) is 63.2 cm³/mol. The van der Waals surface area contributed by atoms with Gasteiger partial charge in [-0.15, -0.1) is 0 Å². The number of rotatable bonds is 1. The van der Waals surface area contributed by atoms with Crippen LogP contribution < -0.4 is 5.32 Å². The molecule has 1 saturated carbocycles.